The lowest BCUT2D eigenvalue weighted by molar-refractivity contribution is -0.120. The summed E-state index contributed by atoms with van der Waals surface area (Å²) in [7, 11) is 0. The highest BCUT2D eigenvalue weighted by molar-refractivity contribution is 6.30. The fourth-order valence-corrected chi connectivity index (χ4v) is 2.00. The summed E-state index contributed by atoms with van der Waals surface area (Å²) in [6, 6.07) is 5.03. The first-order valence-electron chi connectivity index (χ1n) is 5.63. The minimum atomic E-state index is -0.325. The van der Waals surface area contributed by atoms with E-state index in [0.29, 0.717) is 36.0 Å². The molecule has 3 rings (SSSR count). The summed E-state index contributed by atoms with van der Waals surface area (Å²) >= 11 is 0. The van der Waals surface area contributed by atoms with E-state index in [1.165, 1.54) is 6.08 Å². The van der Waals surface area contributed by atoms with Crippen LogP contribution in [0.1, 0.15) is 6.92 Å². The minimum absolute atomic E-state index is 0.295. The Morgan fingerprint density at radius 3 is 2.50 bits per heavy atom. The van der Waals surface area contributed by atoms with Gasteiger partial charge in [0, 0.05) is 17.7 Å². The lowest BCUT2D eigenvalue weighted by Crippen LogP contribution is -2.30. The maximum atomic E-state index is 11.8. The monoisotopic (exact) mass is 245 g/mol. The molecule has 0 radical (unpaired) electrons. The molecular weight excluding hydrogens is 234 g/mol. The first kappa shape index (κ1) is 10.8. The predicted molar refractivity (Wildman–Crippen MR) is 63.7 cm³/mol. The Morgan fingerprint density at radius 2 is 1.83 bits per heavy atom. The van der Waals surface area contributed by atoms with Crippen molar-refractivity contribution in [3.05, 3.63) is 29.8 Å². The normalized spacial score (nSPS) is 18.1. The van der Waals surface area contributed by atoms with Crippen molar-refractivity contribution in [2.24, 2.45) is 0 Å². The van der Waals surface area contributed by atoms with Gasteiger partial charge in [-0.2, -0.15) is 0 Å². The van der Waals surface area contributed by atoms with Gasteiger partial charge in [-0.05, 0) is 19.1 Å². The number of amides is 2. The van der Waals surface area contributed by atoms with Crippen molar-refractivity contribution in [3.63, 3.8) is 0 Å². The second kappa shape index (κ2) is 3.87. The van der Waals surface area contributed by atoms with Gasteiger partial charge in [-0.25, -0.2) is 4.90 Å². The molecule has 2 aliphatic heterocycles. The number of rotatable bonds is 1. The number of anilines is 1. The fraction of sp³-hybridized carbons (Fsp3) is 0.231. The third-order valence-electron chi connectivity index (χ3n) is 2.88. The van der Waals surface area contributed by atoms with Crippen LogP contribution in [-0.4, -0.2) is 25.0 Å². The van der Waals surface area contributed by atoms with Crippen LogP contribution in [0, 0.1) is 0 Å². The Morgan fingerprint density at radius 1 is 1.11 bits per heavy atom. The summed E-state index contributed by atoms with van der Waals surface area (Å²) in [5.41, 5.74) is 0.942. The van der Waals surface area contributed by atoms with Gasteiger partial charge in [0.15, 0.2) is 11.5 Å². The van der Waals surface area contributed by atoms with Crippen molar-refractivity contribution >= 4 is 17.5 Å². The molecule has 92 valence electrons. The number of carbonyl (C=O) groups excluding carboxylic acids is 2. The molecule has 5 heteroatoms. The van der Waals surface area contributed by atoms with E-state index in [1.54, 1.807) is 25.1 Å². The molecule has 0 unspecified atom stereocenters. The number of imide groups is 1. The smallest absolute Gasteiger partial charge is 0.261 e. The van der Waals surface area contributed by atoms with Crippen molar-refractivity contribution in [1.82, 2.24) is 0 Å². The minimum Gasteiger partial charge on any atom is -0.486 e. The van der Waals surface area contributed by atoms with Gasteiger partial charge >= 0.3 is 0 Å². The van der Waals surface area contributed by atoms with Crippen molar-refractivity contribution in [3.8, 4) is 11.5 Å². The van der Waals surface area contributed by atoms with Crippen LogP contribution in [0.2, 0.25) is 0 Å². The second-order valence-electron chi connectivity index (χ2n) is 4.13. The number of nitrogens with zero attached hydrogens (tertiary/aromatic N) is 1. The van der Waals surface area contributed by atoms with Gasteiger partial charge in [-0.15, -0.1) is 0 Å². The van der Waals surface area contributed by atoms with Gasteiger partial charge in [0.1, 0.15) is 13.2 Å². The zero-order valence-corrected chi connectivity index (χ0v) is 9.80. The number of ether oxygens (including phenoxy) is 2. The van der Waals surface area contributed by atoms with E-state index in [9.17, 15) is 9.59 Å². The Hall–Kier alpha value is -2.30. The van der Waals surface area contributed by atoms with Gasteiger partial charge in [0.25, 0.3) is 11.8 Å². The van der Waals surface area contributed by atoms with Crippen LogP contribution in [-0.2, 0) is 9.59 Å². The quantitative estimate of drug-likeness (QED) is 0.699. The van der Waals surface area contributed by atoms with E-state index in [-0.39, 0.29) is 11.8 Å². The van der Waals surface area contributed by atoms with Gasteiger partial charge in [-0.1, -0.05) is 0 Å². The molecule has 5 nitrogen and oxygen atoms in total. The largest absolute Gasteiger partial charge is 0.486 e. The number of benzene rings is 1. The molecule has 2 amide bonds. The highest BCUT2D eigenvalue weighted by Gasteiger charge is 2.30. The van der Waals surface area contributed by atoms with E-state index in [4.69, 9.17) is 9.47 Å². The summed E-state index contributed by atoms with van der Waals surface area (Å²) < 4.78 is 10.8. The van der Waals surface area contributed by atoms with E-state index in [1.807, 2.05) is 0 Å². The van der Waals surface area contributed by atoms with Crippen LogP contribution in [0.4, 0.5) is 5.69 Å². The molecule has 18 heavy (non-hydrogen) atoms. The Bertz CT molecular complexity index is 576. The van der Waals surface area contributed by atoms with E-state index >= 15 is 0 Å². The molecule has 0 spiro atoms. The molecule has 0 bridgehead atoms. The molecule has 0 atom stereocenters. The highest BCUT2D eigenvalue weighted by atomic mass is 16.6. The average molecular weight is 245 g/mol. The molecule has 1 aromatic rings. The van der Waals surface area contributed by atoms with Crippen LogP contribution in [0.25, 0.3) is 0 Å². The maximum absolute atomic E-state index is 11.8. The fourth-order valence-electron chi connectivity index (χ4n) is 2.00. The van der Waals surface area contributed by atoms with Crippen LogP contribution in [0.15, 0.2) is 29.8 Å². The summed E-state index contributed by atoms with van der Waals surface area (Å²) in [6.45, 7) is 2.60. The molecule has 0 saturated carbocycles. The standard InChI is InChI=1S/C13H11NO4/c1-8-6-12(15)14(13(8)16)9-2-3-10-11(7-9)18-5-4-17-10/h2-3,6-7H,4-5H2,1H3. The number of carbonyl (C=O) groups is 2. The maximum Gasteiger partial charge on any atom is 0.261 e. The highest BCUT2D eigenvalue weighted by Crippen LogP contribution is 2.35. The van der Waals surface area contributed by atoms with Gasteiger partial charge < -0.3 is 9.47 Å². The van der Waals surface area contributed by atoms with Gasteiger partial charge in [0.2, 0.25) is 0 Å². The average Bonchev–Trinajstić information content (AvgIpc) is 2.63. The lowest BCUT2D eigenvalue weighted by atomic mass is 10.2. The summed E-state index contributed by atoms with van der Waals surface area (Å²) in [5, 5.41) is 0. The van der Waals surface area contributed by atoms with Gasteiger partial charge in [-0.3, -0.25) is 9.59 Å². The molecule has 2 heterocycles. The van der Waals surface area contributed by atoms with Crippen LogP contribution in [0.3, 0.4) is 0 Å². The lowest BCUT2D eigenvalue weighted by Gasteiger charge is -2.21. The third-order valence-corrected chi connectivity index (χ3v) is 2.88. The van der Waals surface area contributed by atoms with Crippen LogP contribution in [0.5, 0.6) is 11.5 Å². The summed E-state index contributed by atoms with van der Waals surface area (Å²) in [5.74, 6) is 0.573. The van der Waals surface area contributed by atoms with Crippen LogP contribution >= 0.6 is 0 Å². The molecule has 1 aromatic carbocycles. The van der Waals surface area contributed by atoms with E-state index in [2.05, 4.69) is 0 Å². The Kier molecular flexibility index (Phi) is 2.33. The molecule has 0 aromatic heterocycles. The van der Waals surface area contributed by atoms with Gasteiger partial charge in [0.05, 0.1) is 5.69 Å². The van der Waals surface area contributed by atoms with Crippen molar-refractivity contribution < 1.29 is 19.1 Å². The third kappa shape index (κ3) is 1.55. The molecule has 2 aliphatic rings. The Labute approximate surface area is 104 Å². The first-order chi connectivity index (χ1) is 8.66. The summed E-state index contributed by atoms with van der Waals surface area (Å²) in [4.78, 5) is 24.7. The number of hydrogen-bond acceptors (Lipinski definition) is 4. The molecule has 0 fully saturated rings. The zero-order valence-electron chi connectivity index (χ0n) is 9.80. The molecular formula is C13H11NO4. The molecule has 0 N–H and O–H groups in total. The second-order valence-corrected chi connectivity index (χ2v) is 4.13. The predicted octanol–water partition coefficient (Wildman–Crippen LogP) is 1.28. The molecule has 0 aliphatic carbocycles. The van der Waals surface area contributed by atoms with Crippen LogP contribution < -0.4 is 14.4 Å². The topological polar surface area (TPSA) is 55.8 Å². The summed E-state index contributed by atoms with van der Waals surface area (Å²) in [6.07, 6.45) is 1.33. The Balaban J connectivity index is 1.99. The zero-order chi connectivity index (χ0) is 12.7. The van der Waals surface area contributed by atoms with E-state index < -0.39 is 0 Å². The number of fused-ring (bicyclic) bond motifs is 1. The van der Waals surface area contributed by atoms with Crippen molar-refractivity contribution in [2.45, 2.75) is 6.92 Å². The van der Waals surface area contributed by atoms with E-state index in [0.717, 1.165) is 4.90 Å². The first-order valence-corrected chi connectivity index (χ1v) is 5.63. The van der Waals surface area contributed by atoms with Crippen molar-refractivity contribution in [2.75, 3.05) is 18.1 Å². The molecule has 0 saturated heterocycles. The van der Waals surface area contributed by atoms with Crippen molar-refractivity contribution in [1.29, 1.82) is 0 Å². The SMILES string of the molecule is CC1=CC(=O)N(c2ccc3c(c2)OCCO3)C1=O. The number of hydrogen-bond donors (Lipinski definition) is 0.